The fourth-order valence-corrected chi connectivity index (χ4v) is 1.41. The van der Waals surface area contributed by atoms with Gasteiger partial charge in [0, 0.05) is 12.4 Å². The molecule has 0 spiro atoms. The van der Waals surface area contributed by atoms with Crippen LogP contribution < -0.4 is 5.73 Å². The van der Waals surface area contributed by atoms with E-state index >= 15 is 0 Å². The van der Waals surface area contributed by atoms with Crippen molar-refractivity contribution in [1.29, 1.82) is 0 Å². The van der Waals surface area contributed by atoms with Crippen LogP contribution in [0.2, 0.25) is 0 Å². The van der Waals surface area contributed by atoms with Gasteiger partial charge in [0.15, 0.2) is 11.5 Å². The number of rotatable bonds is 3. The fraction of sp³-hybridized carbons (Fsp3) is 0.154. The van der Waals surface area contributed by atoms with Crippen molar-refractivity contribution in [3.63, 3.8) is 0 Å². The van der Waals surface area contributed by atoms with Crippen LogP contribution in [-0.2, 0) is 11.3 Å². The lowest BCUT2D eigenvalue weighted by atomic mass is 10.2. The monoisotopic (exact) mass is 243 g/mol. The molecule has 5 heteroatoms. The number of nitrogen functional groups attached to an aromatic ring is 1. The number of ether oxygens (including phenoxy) is 1. The van der Waals surface area contributed by atoms with E-state index in [1.165, 1.54) is 12.4 Å². The van der Waals surface area contributed by atoms with Crippen molar-refractivity contribution in [3.8, 4) is 0 Å². The predicted octanol–water partition coefficient (Wildman–Crippen LogP) is 1.72. The number of hydrogen-bond acceptors (Lipinski definition) is 5. The SMILES string of the molecule is Cc1ccc(COC(=O)c2nccnc2N)cc1. The van der Waals surface area contributed by atoms with Gasteiger partial charge in [-0.1, -0.05) is 29.8 Å². The molecule has 92 valence electrons. The summed E-state index contributed by atoms with van der Waals surface area (Å²) in [7, 11) is 0. The van der Waals surface area contributed by atoms with Crippen LogP contribution in [0.3, 0.4) is 0 Å². The average Bonchev–Trinajstić information content (AvgIpc) is 2.38. The van der Waals surface area contributed by atoms with Crippen molar-refractivity contribution < 1.29 is 9.53 Å². The Morgan fingerprint density at radius 2 is 1.89 bits per heavy atom. The summed E-state index contributed by atoms with van der Waals surface area (Å²) < 4.78 is 5.11. The first-order chi connectivity index (χ1) is 8.66. The zero-order chi connectivity index (χ0) is 13.0. The molecule has 0 aliphatic heterocycles. The van der Waals surface area contributed by atoms with Crippen molar-refractivity contribution in [2.24, 2.45) is 0 Å². The second kappa shape index (κ2) is 5.27. The maximum absolute atomic E-state index is 11.7. The molecule has 0 saturated heterocycles. The van der Waals surface area contributed by atoms with Gasteiger partial charge in [0.25, 0.3) is 0 Å². The van der Waals surface area contributed by atoms with Gasteiger partial charge in [-0.2, -0.15) is 0 Å². The van der Waals surface area contributed by atoms with E-state index < -0.39 is 5.97 Å². The number of benzene rings is 1. The average molecular weight is 243 g/mol. The van der Waals surface area contributed by atoms with Crippen LogP contribution in [0.4, 0.5) is 5.82 Å². The van der Waals surface area contributed by atoms with Gasteiger partial charge < -0.3 is 10.5 Å². The number of anilines is 1. The summed E-state index contributed by atoms with van der Waals surface area (Å²) in [6, 6.07) is 7.73. The van der Waals surface area contributed by atoms with E-state index in [1.807, 2.05) is 31.2 Å². The number of nitrogens with two attached hydrogens (primary N) is 1. The van der Waals surface area contributed by atoms with Gasteiger partial charge in [-0.25, -0.2) is 14.8 Å². The summed E-state index contributed by atoms with van der Waals surface area (Å²) in [5.74, 6) is -0.493. The standard InChI is InChI=1S/C13H13N3O2/c1-9-2-4-10(5-3-9)8-18-13(17)11-12(14)16-7-6-15-11/h2-7H,8H2,1H3,(H2,14,16). The van der Waals surface area contributed by atoms with E-state index in [9.17, 15) is 4.79 Å². The van der Waals surface area contributed by atoms with Crippen LogP contribution in [0.5, 0.6) is 0 Å². The fourth-order valence-electron chi connectivity index (χ4n) is 1.41. The van der Waals surface area contributed by atoms with Crippen LogP contribution >= 0.6 is 0 Å². The molecule has 1 aromatic carbocycles. The highest BCUT2D eigenvalue weighted by molar-refractivity contribution is 5.91. The normalized spacial score (nSPS) is 10.1. The first-order valence-electron chi connectivity index (χ1n) is 5.46. The van der Waals surface area contributed by atoms with Crippen molar-refractivity contribution >= 4 is 11.8 Å². The Labute approximate surface area is 105 Å². The highest BCUT2D eigenvalue weighted by Gasteiger charge is 2.13. The van der Waals surface area contributed by atoms with Gasteiger partial charge in [0.05, 0.1) is 0 Å². The molecule has 0 bridgehead atoms. The molecule has 0 atom stereocenters. The molecule has 1 aromatic heterocycles. The second-order valence-electron chi connectivity index (χ2n) is 3.85. The number of hydrogen-bond donors (Lipinski definition) is 1. The van der Waals surface area contributed by atoms with Crippen LogP contribution in [0, 0.1) is 6.92 Å². The van der Waals surface area contributed by atoms with E-state index in [0.717, 1.165) is 11.1 Å². The largest absolute Gasteiger partial charge is 0.456 e. The van der Waals surface area contributed by atoms with Gasteiger partial charge in [-0.15, -0.1) is 0 Å². The number of aryl methyl sites for hydroxylation is 1. The van der Waals surface area contributed by atoms with Gasteiger partial charge >= 0.3 is 5.97 Å². The molecule has 0 unspecified atom stereocenters. The van der Waals surface area contributed by atoms with Gasteiger partial charge in [-0.3, -0.25) is 0 Å². The van der Waals surface area contributed by atoms with E-state index in [-0.39, 0.29) is 18.1 Å². The predicted molar refractivity (Wildman–Crippen MR) is 66.7 cm³/mol. The van der Waals surface area contributed by atoms with Crippen LogP contribution in [-0.4, -0.2) is 15.9 Å². The van der Waals surface area contributed by atoms with E-state index in [4.69, 9.17) is 10.5 Å². The molecule has 2 rings (SSSR count). The Morgan fingerprint density at radius 3 is 2.56 bits per heavy atom. The highest BCUT2D eigenvalue weighted by Crippen LogP contribution is 2.09. The summed E-state index contributed by atoms with van der Waals surface area (Å²) >= 11 is 0. The zero-order valence-corrected chi connectivity index (χ0v) is 9.96. The highest BCUT2D eigenvalue weighted by atomic mass is 16.5. The van der Waals surface area contributed by atoms with E-state index in [2.05, 4.69) is 9.97 Å². The molecule has 0 saturated carbocycles. The van der Waals surface area contributed by atoms with Crippen molar-refractivity contribution in [2.75, 3.05) is 5.73 Å². The first-order valence-corrected chi connectivity index (χ1v) is 5.46. The third kappa shape index (κ3) is 2.82. The van der Waals surface area contributed by atoms with Gasteiger partial charge in [0.2, 0.25) is 0 Å². The molecule has 0 aliphatic carbocycles. The Balaban J connectivity index is 2.01. The van der Waals surface area contributed by atoms with E-state index in [0.29, 0.717) is 0 Å². The molecule has 0 amide bonds. The van der Waals surface area contributed by atoms with Gasteiger partial charge in [0.1, 0.15) is 6.61 Å². The minimum Gasteiger partial charge on any atom is -0.456 e. The summed E-state index contributed by atoms with van der Waals surface area (Å²) in [5.41, 5.74) is 7.65. The quantitative estimate of drug-likeness (QED) is 0.830. The Morgan fingerprint density at radius 1 is 1.22 bits per heavy atom. The first kappa shape index (κ1) is 12.0. The summed E-state index contributed by atoms with van der Waals surface area (Å²) in [6.07, 6.45) is 2.82. The van der Waals surface area contributed by atoms with Crippen molar-refractivity contribution in [1.82, 2.24) is 9.97 Å². The van der Waals surface area contributed by atoms with Crippen LogP contribution in [0.1, 0.15) is 21.6 Å². The van der Waals surface area contributed by atoms with E-state index in [1.54, 1.807) is 0 Å². The third-order valence-electron chi connectivity index (χ3n) is 2.41. The molecule has 0 fully saturated rings. The Hall–Kier alpha value is -2.43. The maximum Gasteiger partial charge on any atom is 0.361 e. The molecule has 5 nitrogen and oxygen atoms in total. The Kier molecular flexibility index (Phi) is 3.52. The topological polar surface area (TPSA) is 78.1 Å². The Bertz CT molecular complexity index is 552. The smallest absolute Gasteiger partial charge is 0.361 e. The molecule has 18 heavy (non-hydrogen) atoms. The molecule has 0 aliphatic rings. The minimum absolute atomic E-state index is 0.0459. The van der Waals surface area contributed by atoms with Crippen LogP contribution in [0.25, 0.3) is 0 Å². The number of esters is 1. The van der Waals surface area contributed by atoms with Crippen molar-refractivity contribution in [3.05, 3.63) is 53.5 Å². The number of carbonyl (C=O) groups excluding carboxylic acids is 1. The lowest BCUT2D eigenvalue weighted by Gasteiger charge is -2.05. The molecule has 0 radical (unpaired) electrons. The summed E-state index contributed by atoms with van der Waals surface area (Å²) in [4.78, 5) is 19.3. The lowest BCUT2D eigenvalue weighted by molar-refractivity contribution is 0.0466. The lowest BCUT2D eigenvalue weighted by Crippen LogP contribution is -2.11. The number of carbonyl (C=O) groups is 1. The number of aromatic nitrogens is 2. The molecular formula is C13H13N3O2. The van der Waals surface area contributed by atoms with Gasteiger partial charge in [-0.05, 0) is 12.5 Å². The molecule has 2 N–H and O–H groups in total. The minimum atomic E-state index is -0.568. The number of nitrogens with zero attached hydrogens (tertiary/aromatic N) is 2. The molecule has 1 heterocycles. The second-order valence-corrected chi connectivity index (χ2v) is 3.85. The molecule has 2 aromatic rings. The van der Waals surface area contributed by atoms with Crippen molar-refractivity contribution in [2.45, 2.75) is 13.5 Å². The third-order valence-corrected chi connectivity index (χ3v) is 2.41. The molecular weight excluding hydrogens is 230 g/mol. The summed E-state index contributed by atoms with van der Waals surface area (Å²) in [6.45, 7) is 2.19. The van der Waals surface area contributed by atoms with Crippen LogP contribution in [0.15, 0.2) is 36.7 Å². The maximum atomic E-state index is 11.7. The summed E-state index contributed by atoms with van der Waals surface area (Å²) in [5, 5.41) is 0. The zero-order valence-electron chi connectivity index (χ0n) is 9.96.